The Morgan fingerprint density at radius 1 is 1.25 bits per heavy atom. The van der Waals surface area contributed by atoms with E-state index in [1.807, 2.05) is 12.1 Å². The molecule has 2 N–H and O–H groups in total. The van der Waals surface area contributed by atoms with Gasteiger partial charge in [0.15, 0.2) is 17.9 Å². The van der Waals surface area contributed by atoms with E-state index >= 15 is 0 Å². The number of nitrogens with zero attached hydrogens (tertiary/aromatic N) is 1. The van der Waals surface area contributed by atoms with Crippen LogP contribution in [0.25, 0.3) is 0 Å². The maximum Gasteiger partial charge on any atom is 0.414 e. The number of fused-ring (bicyclic) bond motifs is 1. The summed E-state index contributed by atoms with van der Waals surface area (Å²) in [4.78, 5) is 16.3. The number of hydrogen-bond acceptors (Lipinski definition) is 7. The van der Waals surface area contributed by atoms with E-state index in [9.17, 15) is 22.0 Å². The first-order valence-corrected chi connectivity index (χ1v) is 13.1. The second-order valence-corrected chi connectivity index (χ2v) is 10.4. The molecule has 0 radical (unpaired) electrons. The fourth-order valence-electron chi connectivity index (χ4n) is 4.09. The first kappa shape index (κ1) is 25.4. The van der Waals surface area contributed by atoms with E-state index in [0.29, 0.717) is 11.7 Å². The smallest absolute Gasteiger partial charge is 0.413 e. The quantitative estimate of drug-likeness (QED) is 0.427. The Balaban J connectivity index is 1.39. The standard InChI is InChI=1S/C24H25F2N3O6S/c1-13-6-4-8-17-16(13)7-5-9-20(17)34-24-28-21(12-33-24)35-23(30)27-14(2)15-10-18(25)22(19(26)11-15)29-36(3,31)32/h5,7,9-14,29H,4,6,8H2,1-3H3,(H,27,30). The van der Waals surface area contributed by atoms with Crippen molar-refractivity contribution < 1.29 is 35.9 Å². The van der Waals surface area contributed by atoms with Crippen molar-refractivity contribution in [1.29, 1.82) is 0 Å². The molecule has 0 bridgehead atoms. The summed E-state index contributed by atoms with van der Waals surface area (Å²) in [5.41, 5.74) is 1.57. The maximum absolute atomic E-state index is 14.2. The monoisotopic (exact) mass is 521 g/mol. The zero-order valence-corrected chi connectivity index (χ0v) is 20.6. The van der Waals surface area contributed by atoms with E-state index in [4.69, 9.17) is 13.9 Å². The number of carbonyl (C=O) groups excluding carboxylic acids is 1. The number of anilines is 1. The molecule has 36 heavy (non-hydrogen) atoms. The number of sulfonamides is 1. The van der Waals surface area contributed by atoms with Gasteiger partial charge in [0.1, 0.15) is 11.4 Å². The van der Waals surface area contributed by atoms with Gasteiger partial charge in [0.25, 0.3) is 5.88 Å². The van der Waals surface area contributed by atoms with Gasteiger partial charge < -0.3 is 19.2 Å². The van der Waals surface area contributed by atoms with Gasteiger partial charge in [-0.05, 0) is 67.0 Å². The van der Waals surface area contributed by atoms with Gasteiger partial charge in [-0.1, -0.05) is 19.1 Å². The molecule has 2 aromatic carbocycles. The summed E-state index contributed by atoms with van der Waals surface area (Å²) in [6.45, 7) is 3.64. The van der Waals surface area contributed by atoms with Crippen LogP contribution in [0.4, 0.5) is 19.3 Å². The van der Waals surface area contributed by atoms with Crippen molar-refractivity contribution in [2.75, 3.05) is 11.0 Å². The van der Waals surface area contributed by atoms with Crippen LogP contribution in [-0.2, 0) is 16.4 Å². The first-order valence-electron chi connectivity index (χ1n) is 11.2. The van der Waals surface area contributed by atoms with Crippen LogP contribution >= 0.6 is 0 Å². The molecule has 0 saturated carbocycles. The third kappa shape index (κ3) is 5.93. The lowest BCUT2D eigenvalue weighted by molar-refractivity contribution is 0.195. The molecule has 1 amide bonds. The minimum absolute atomic E-state index is 0.0493. The molecule has 0 aliphatic heterocycles. The zero-order valence-electron chi connectivity index (χ0n) is 19.8. The lowest BCUT2D eigenvalue weighted by Gasteiger charge is -2.23. The van der Waals surface area contributed by atoms with Gasteiger partial charge >= 0.3 is 12.2 Å². The predicted octanol–water partition coefficient (Wildman–Crippen LogP) is 5.41. The molecule has 3 aromatic rings. The number of ether oxygens (including phenoxy) is 2. The molecular weight excluding hydrogens is 496 g/mol. The molecule has 192 valence electrons. The highest BCUT2D eigenvalue weighted by molar-refractivity contribution is 7.92. The Kier molecular flexibility index (Phi) is 7.16. The SMILES string of the molecule is CC1CCCc2c(Oc3nc(OC(=O)NC(C)c4cc(F)c(NS(C)(=O)=O)c(F)c4)co3)cccc21. The largest absolute Gasteiger partial charge is 0.414 e. The molecule has 1 aliphatic carbocycles. The molecule has 12 heteroatoms. The number of oxazole rings is 1. The van der Waals surface area contributed by atoms with Gasteiger partial charge in [0.2, 0.25) is 10.0 Å². The van der Waals surface area contributed by atoms with Crippen molar-refractivity contribution in [1.82, 2.24) is 10.3 Å². The second kappa shape index (κ2) is 10.1. The van der Waals surface area contributed by atoms with Gasteiger partial charge in [-0.3, -0.25) is 4.72 Å². The van der Waals surface area contributed by atoms with Crippen LogP contribution in [0.5, 0.6) is 17.7 Å². The Morgan fingerprint density at radius 3 is 2.67 bits per heavy atom. The highest BCUT2D eigenvalue weighted by atomic mass is 32.2. The average Bonchev–Trinajstić information content (AvgIpc) is 3.22. The number of amides is 1. The van der Waals surface area contributed by atoms with Crippen molar-refractivity contribution in [3.8, 4) is 17.7 Å². The lowest BCUT2D eigenvalue weighted by atomic mass is 9.83. The predicted molar refractivity (Wildman–Crippen MR) is 127 cm³/mol. The lowest BCUT2D eigenvalue weighted by Crippen LogP contribution is -2.29. The normalized spacial score (nSPS) is 16.1. The number of rotatable bonds is 7. The number of aromatic nitrogens is 1. The molecule has 1 heterocycles. The van der Waals surface area contributed by atoms with E-state index in [1.54, 1.807) is 4.72 Å². The van der Waals surface area contributed by atoms with Gasteiger partial charge in [0.05, 0.1) is 12.3 Å². The van der Waals surface area contributed by atoms with Crippen LogP contribution in [0, 0.1) is 11.6 Å². The van der Waals surface area contributed by atoms with E-state index in [0.717, 1.165) is 49.5 Å². The van der Waals surface area contributed by atoms with E-state index in [-0.39, 0.29) is 17.5 Å². The first-order chi connectivity index (χ1) is 17.0. The van der Waals surface area contributed by atoms with Crippen LogP contribution < -0.4 is 19.5 Å². The van der Waals surface area contributed by atoms with Gasteiger partial charge in [-0.2, -0.15) is 0 Å². The van der Waals surface area contributed by atoms with Crippen LogP contribution in [0.3, 0.4) is 0 Å². The van der Waals surface area contributed by atoms with Gasteiger partial charge in [0, 0.05) is 0 Å². The Morgan fingerprint density at radius 2 is 1.97 bits per heavy atom. The van der Waals surface area contributed by atoms with Crippen molar-refractivity contribution in [3.63, 3.8) is 0 Å². The van der Waals surface area contributed by atoms with E-state index < -0.39 is 39.5 Å². The highest BCUT2D eigenvalue weighted by Crippen LogP contribution is 2.38. The van der Waals surface area contributed by atoms with Crippen LogP contribution in [0.2, 0.25) is 0 Å². The number of benzene rings is 2. The molecule has 4 rings (SSSR count). The molecule has 0 saturated heterocycles. The zero-order chi connectivity index (χ0) is 26.0. The average molecular weight is 522 g/mol. The number of nitrogens with one attached hydrogen (secondary N) is 2. The second-order valence-electron chi connectivity index (χ2n) is 8.66. The maximum atomic E-state index is 14.2. The van der Waals surface area contributed by atoms with E-state index in [2.05, 4.69) is 23.3 Å². The van der Waals surface area contributed by atoms with Crippen LogP contribution in [0.15, 0.2) is 41.0 Å². The summed E-state index contributed by atoms with van der Waals surface area (Å²) in [5.74, 6) is -1.37. The van der Waals surface area contributed by atoms with Crippen molar-refractivity contribution in [2.24, 2.45) is 0 Å². The van der Waals surface area contributed by atoms with Crippen molar-refractivity contribution in [2.45, 2.75) is 45.1 Å². The molecule has 1 aromatic heterocycles. The molecule has 2 unspecified atom stereocenters. The van der Waals surface area contributed by atoms with Gasteiger partial charge in [-0.25, -0.2) is 22.0 Å². The summed E-state index contributed by atoms with van der Waals surface area (Å²) in [7, 11) is -3.88. The minimum Gasteiger partial charge on any atom is -0.413 e. The summed E-state index contributed by atoms with van der Waals surface area (Å²) in [6, 6.07) is 6.74. The molecule has 9 nitrogen and oxygen atoms in total. The number of carbonyl (C=O) groups is 1. The third-order valence-electron chi connectivity index (χ3n) is 5.81. The van der Waals surface area contributed by atoms with E-state index in [1.165, 1.54) is 12.5 Å². The highest BCUT2D eigenvalue weighted by Gasteiger charge is 2.22. The third-order valence-corrected chi connectivity index (χ3v) is 6.38. The molecular formula is C24H25F2N3O6S. The van der Waals surface area contributed by atoms with Crippen LogP contribution in [0.1, 0.15) is 55.3 Å². The summed E-state index contributed by atoms with van der Waals surface area (Å²) in [5, 5.41) is 2.42. The van der Waals surface area contributed by atoms with Crippen molar-refractivity contribution >= 4 is 21.8 Å². The summed E-state index contributed by atoms with van der Waals surface area (Å²) >= 11 is 0. The van der Waals surface area contributed by atoms with Crippen LogP contribution in [-0.4, -0.2) is 25.8 Å². The van der Waals surface area contributed by atoms with Gasteiger partial charge in [-0.15, -0.1) is 4.98 Å². The summed E-state index contributed by atoms with van der Waals surface area (Å²) in [6.07, 6.45) is 3.87. The molecule has 1 aliphatic rings. The fraction of sp³-hybridized carbons (Fsp3) is 0.333. The fourth-order valence-corrected chi connectivity index (χ4v) is 4.66. The Bertz CT molecular complexity index is 1370. The topological polar surface area (TPSA) is 120 Å². The minimum atomic E-state index is -3.88. The Labute approximate surface area is 206 Å². The molecule has 0 fully saturated rings. The summed E-state index contributed by atoms with van der Waals surface area (Å²) < 4.78 is 69.0. The molecule has 0 spiro atoms. The number of halogens is 2. The molecule has 2 atom stereocenters. The Hall–Kier alpha value is -3.67. The number of hydrogen-bond donors (Lipinski definition) is 2. The van der Waals surface area contributed by atoms with Crippen molar-refractivity contribution in [3.05, 3.63) is 64.9 Å².